The molecule has 2 fully saturated rings. The van der Waals surface area contributed by atoms with Crippen LogP contribution in [0.25, 0.3) is 0 Å². The lowest BCUT2D eigenvalue weighted by Crippen LogP contribution is -2.38. The third-order valence-electron chi connectivity index (χ3n) is 4.82. The average molecular weight is 327 g/mol. The van der Waals surface area contributed by atoms with Gasteiger partial charge >= 0.3 is 0 Å². The molecule has 0 radical (unpaired) electrons. The van der Waals surface area contributed by atoms with Crippen LogP contribution in [0.5, 0.6) is 0 Å². The molecule has 0 saturated carbocycles. The monoisotopic (exact) mass is 326 g/mol. The van der Waals surface area contributed by atoms with E-state index in [2.05, 4.69) is 38.2 Å². The van der Waals surface area contributed by atoms with Gasteiger partial charge in [-0.15, -0.1) is 0 Å². The number of piperidine rings is 1. The smallest absolute Gasteiger partial charge is 0.0739 e. The zero-order valence-corrected chi connectivity index (χ0v) is 13.5. The summed E-state index contributed by atoms with van der Waals surface area (Å²) in [4.78, 5) is 2.60. The molecule has 2 aliphatic heterocycles. The van der Waals surface area contributed by atoms with E-state index >= 15 is 0 Å². The molecule has 19 heavy (non-hydrogen) atoms. The summed E-state index contributed by atoms with van der Waals surface area (Å²) in [5.74, 6) is 0. The summed E-state index contributed by atoms with van der Waals surface area (Å²) >= 11 is 3.68. The van der Waals surface area contributed by atoms with Crippen LogP contribution in [-0.2, 0) is 13.6 Å². The van der Waals surface area contributed by atoms with E-state index in [0.29, 0.717) is 5.41 Å². The number of nitrogens with one attached hydrogen (secondary N) is 1. The van der Waals surface area contributed by atoms with Crippen LogP contribution in [0.4, 0.5) is 0 Å². The predicted octanol–water partition coefficient (Wildman–Crippen LogP) is 2.07. The van der Waals surface area contributed by atoms with Crippen molar-refractivity contribution in [3.05, 3.63) is 15.9 Å². The molecule has 0 atom stereocenters. The lowest BCUT2D eigenvalue weighted by molar-refractivity contribution is 0.192. The Hall–Kier alpha value is -0.390. The van der Waals surface area contributed by atoms with Crippen molar-refractivity contribution in [2.24, 2.45) is 12.5 Å². The molecule has 1 aromatic rings. The van der Waals surface area contributed by atoms with Gasteiger partial charge in [-0.1, -0.05) is 0 Å². The summed E-state index contributed by atoms with van der Waals surface area (Å²) in [6, 6.07) is 0. The second kappa shape index (κ2) is 5.19. The van der Waals surface area contributed by atoms with Crippen molar-refractivity contribution >= 4 is 15.9 Å². The highest BCUT2D eigenvalue weighted by Gasteiger charge is 2.38. The molecule has 0 aliphatic carbocycles. The third-order valence-corrected chi connectivity index (χ3v) is 5.85. The number of aryl methyl sites for hydroxylation is 2. The summed E-state index contributed by atoms with van der Waals surface area (Å²) in [6.07, 6.45) is 4.05. The minimum atomic E-state index is 0.589. The van der Waals surface area contributed by atoms with Crippen LogP contribution in [-0.4, -0.2) is 40.9 Å². The average Bonchev–Trinajstić information content (AvgIpc) is 2.88. The molecule has 0 aromatic carbocycles. The predicted molar refractivity (Wildman–Crippen MR) is 80.1 cm³/mol. The van der Waals surface area contributed by atoms with Gasteiger partial charge in [-0.05, 0) is 67.2 Å². The molecule has 3 heterocycles. The number of likely N-dealkylation sites (tertiary alicyclic amines) is 1. The molecule has 1 N–H and O–H groups in total. The molecular weight excluding hydrogens is 304 g/mol. The summed E-state index contributed by atoms with van der Waals surface area (Å²) in [5, 5.41) is 7.97. The van der Waals surface area contributed by atoms with Gasteiger partial charge in [0.05, 0.1) is 15.9 Å². The Morgan fingerprint density at radius 3 is 2.68 bits per heavy atom. The van der Waals surface area contributed by atoms with Crippen molar-refractivity contribution in [2.45, 2.75) is 32.7 Å². The van der Waals surface area contributed by atoms with Crippen LogP contribution in [0, 0.1) is 12.3 Å². The number of hydrogen-bond donors (Lipinski definition) is 1. The van der Waals surface area contributed by atoms with Crippen molar-refractivity contribution in [2.75, 3.05) is 26.2 Å². The SMILES string of the molecule is Cc1nn(C)c(CN2CCC3(CCNCC3)C2)c1Br. The van der Waals surface area contributed by atoms with Crippen molar-refractivity contribution in [3.8, 4) is 0 Å². The molecule has 3 rings (SSSR count). The summed E-state index contributed by atoms with van der Waals surface area (Å²) in [6.45, 7) is 7.96. The molecule has 2 saturated heterocycles. The summed E-state index contributed by atoms with van der Waals surface area (Å²) in [7, 11) is 2.05. The Balaban J connectivity index is 1.68. The summed E-state index contributed by atoms with van der Waals surface area (Å²) in [5.41, 5.74) is 2.99. The first-order valence-corrected chi connectivity index (χ1v) is 8.00. The molecule has 0 bridgehead atoms. The highest BCUT2D eigenvalue weighted by molar-refractivity contribution is 9.10. The fourth-order valence-electron chi connectivity index (χ4n) is 3.59. The first-order valence-electron chi connectivity index (χ1n) is 7.21. The van der Waals surface area contributed by atoms with E-state index in [1.165, 1.54) is 55.6 Å². The molecular formula is C14H23BrN4. The van der Waals surface area contributed by atoms with E-state index in [0.717, 1.165) is 12.2 Å². The van der Waals surface area contributed by atoms with Gasteiger partial charge in [-0.2, -0.15) is 5.10 Å². The van der Waals surface area contributed by atoms with E-state index in [-0.39, 0.29) is 0 Å². The van der Waals surface area contributed by atoms with Crippen molar-refractivity contribution < 1.29 is 0 Å². The maximum Gasteiger partial charge on any atom is 0.0739 e. The van der Waals surface area contributed by atoms with Gasteiger partial charge in [0.15, 0.2) is 0 Å². The normalized spacial score (nSPS) is 23.3. The van der Waals surface area contributed by atoms with Gasteiger partial charge < -0.3 is 5.32 Å². The van der Waals surface area contributed by atoms with Crippen LogP contribution < -0.4 is 5.32 Å². The minimum absolute atomic E-state index is 0.589. The van der Waals surface area contributed by atoms with Gasteiger partial charge in [-0.3, -0.25) is 9.58 Å². The van der Waals surface area contributed by atoms with Gasteiger partial charge in [0, 0.05) is 20.1 Å². The molecule has 0 unspecified atom stereocenters. The maximum atomic E-state index is 4.49. The van der Waals surface area contributed by atoms with E-state index in [1.807, 2.05) is 11.7 Å². The molecule has 4 nitrogen and oxygen atoms in total. The Morgan fingerprint density at radius 1 is 1.32 bits per heavy atom. The van der Waals surface area contributed by atoms with E-state index < -0.39 is 0 Å². The second-order valence-corrected chi connectivity index (χ2v) is 6.97. The first kappa shape index (κ1) is 13.6. The topological polar surface area (TPSA) is 33.1 Å². The molecule has 5 heteroatoms. The number of hydrogen-bond acceptors (Lipinski definition) is 3. The molecule has 1 aromatic heterocycles. The third kappa shape index (κ3) is 2.60. The zero-order valence-electron chi connectivity index (χ0n) is 11.9. The number of aromatic nitrogens is 2. The van der Waals surface area contributed by atoms with Crippen LogP contribution in [0.3, 0.4) is 0 Å². The van der Waals surface area contributed by atoms with Crippen molar-refractivity contribution in [1.29, 1.82) is 0 Å². The van der Waals surface area contributed by atoms with Gasteiger partial charge in [0.25, 0.3) is 0 Å². The number of nitrogens with zero attached hydrogens (tertiary/aromatic N) is 3. The van der Waals surface area contributed by atoms with E-state index in [1.54, 1.807) is 0 Å². The Morgan fingerprint density at radius 2 is 2.05 bits per heavy atom. The Kier molecular flexibility index (Phi) is 3.71. The Bertz CT molecular complexity index is 462. The largest absolute Gasteiger partial charge is 0.317 e. The lowest BCUT2D eigenvalue weighted by atomic mass is 9.78. The molecule has 2 aliphatic rings. The zero-order chi connectivity index (χ0) is 13.5. The van der Waals surface area contributed by atoms with E-state index in [4.69, 9.17) is 0 Å². The van der Waals surface area contributed by atoms with E-state index in [9.17, 15) is 0 Å². The maximum absolute atomic E-state index is 4.49. The van der Waals surface area contributed by atoms with Crippen molar-refractivity contribution in [3.63, 3.8) is 0 Å². The highest BCUT2D eigenvalue weighted by atomic mass is 79.9. The van der Waals surface area contributed by atoms with Gasteiger partial charge in [-0.25, -0.2) is 0 Å². The van der Waals surface area contributed by atoms with Crippen LogP contribution >= 0.6 is 15.9 Å². The first-order chi connectivity index (χ1) is 9.10. The van der Waals surface area contributed by atoms with Crippen molar-refractivity contribution in [1.82, 2.24) is 20.0 Å². The van der Waals surface area contributed by atoms with Gasteiger partial charge in [0.1, 0.15) is 0 Å². The highest BCUT2D eigenvalue weighted by Crippen LogP contribution is 2.39. The quantitative estimate of drug-likeness (QED) is 0.903. The Labute approximate surface area is 123 Å². The molecule has 0 amide bonds. The minimum Gasteiger partial charge on any atom is -0.317 e. The van der Waals surface area contributed by atoms with Crippen LogP contribution in [0.2, 0.25) is 0 Å². The van der Waals surface area contributed by atoms with Gasteiger partial charge in [0.2, 0.25) is 0 Å². The molecule has 106 valence electrons. The fraction of sp³-hybridized carbons (Fsp3) is 0.786. The number of halogens is 1. The van der Waals surface area contributed by atoms with Crippen LogP contribution in [0.15, 0.2) is 4.47 Å². The number of rotatable bonds is 2. The second-order valence-electron chi connectivity index (χ2n) is 6.18. The standard InChI is InChI=1S/C14H23BrN4/c1-11-13(15)12(18(2)17-11)9-19-8-5-14(10-19)3-6-16-7-4-14/h16H,3-10H2,1-2H3. The van der Waals surface area contributed by atoms with Crippen LogP contribution in [0.1, 0.15) is 30.7 Å². The fourth-order valence-corrected chi connectivity index (χ4v) is 4.05. The molecule has 1 spiro atoms. The lowest BCUT2D eigenvalue weighted by Gasteiger charge is -2.33. The summed E-state index contributed by atoms with van der Waals surface area (Å²) < 4.78 is 3.20.